The smallest absolute Gasteiger partial charge is 0.256 e. The molecular weight excluding hydrogens is 324 g/mol. The zero-order valence-electron chi connectivity index (χ0n) is 13.8. The number of carbonyl (C=O) groups excluding carboxylic acids is 1. The minimum absolute atomic E-state index is 0.0748. The van der Waals surface area contributed by atoms with Crippen LogP contribution in [0.1, 0.15) is 11.1 Å². The largest absolute Gasteiger partial charge is 0.436 e. The van der Waals surface area contributed by atoms with Gasteiger partial charge < -0.3 is 9.73 Å². The number of aromatic nitrogens is 1. The first-order valence-electron chi connectivity index (χ1n) is 8.36. The van der Waals surface area contributed by atoms with Crippen LogP contribution in [0.15, 0.2) is 77.2 Å². The van der Waals surface area contributed by atoms with Gasteiger partial charge in [0.05, 0.1) is 0 Å². The minimum atomic E-state index is -0.0748. The highest BCUT2D eigenvalue weighted by molar-refractivity contribution is 6.34. The van der Waals surface area contributed by atoms with Gasteiger partial charge in [0.25, 0.3) is 5.91 Å². The normalized spacial score (nSPS) is 14.6. The highest BCUT2D eigenvalue weighted by Crippen LogP contribution is 2.33. The van der Waals surface area contributed by atoms with Gasteiger partial charge in [-0.05, 0) is 42.0 Å². The molecule has 0 fully saturated rings. The van der Waals surface area contributed by atoms with Gasteiger partial charge in [0.15, 0.2) is 5.58 Å². The van der Waals surface area contributed by atoms with Crippen LogP contribution in [0.4, 0.5) is 5.69 Å². The van der Waals surface area contributed by atoms with E-state index in [9.17, 15) is 4.79 Å². The molecule has 0 aliphatic carbocycles. The molecular formula is C22H14N2O2. The molecule has 0 spiro atoms. The first-order chi connectivity index (χ1) is 12.8. The monoisotopic (exact) mass is 338 g/mol. The molecule has 0 atom stereocenters. The number of benzene rings is 3. The molecule has 4 aromatic rings. The van der Waals surface area contributed by atoms with Crippen molar-refractivity contribution in [1.82, 2.24) is 4.98 Å². The van der Waals surface area contributed by atoms with Gasteiger partial charge in [0.2, 0.25) is 5.89 Å². The molecule has 26 heavy (non-hydrogen) atoms. The van der Waals surface area contributed by atoms with Gasteiger partial charge in [-0.25, -0.2) is 4.98 Å². The molecule has 1 N–H and O–H groups in total. The second-order valence-electron chi connectivity index (χ2n) is 6.17. The van der Waals surface area contributed by atoms with Crippen molar-refractivity contribution < 1.29 is 9.21 Å². The van der Waals surface area contributed by atoms with Gasteiger partial charge in [-0.2, -0.15) is 0 Å². The van der Waals surface area contributed by atoms with Crippen molar-refractivity contribution in [2.45, 2.75) is 0 Å². The summed E-state index contributed by atoms with van der Waals surface area (Å²) in [7, 11) is 0. The summed E-state index contributed by atoms with van der Waals surface area (Å²) in [6, 6.07) is 23.2. The lowest BCUT2D eigenvalue weighted by Gasteiger charge is -2.00. The predicted octanol–water partition coefficient (Wildman–Crippen LogP) is 4.99. The van der Waals surface area contributed by atoms with E-state index < -0.39 is 0 Å². The molecule has 0 bridgehead atoms. The van der Waals surface area contributed by atoms with Crippen molar-refractivity contribution in [3.63, 3.8) is 0 Å². The number of hydrogen-bond acceptors (Lipinski definition) is 3. The number of fused-ring (bicyclic) bond motifs is 2. The number of nitrogens with one attached hydrogen (secondary N) is 1. The molecule has 0 unspecified atom stereocenters. The summed E-state index contributed by atoms with van der Waals surface area (Å²) < 4.78 is 5.80. The van der Waals surface area contributed by atoms with E-state index in [-0.39, 0.29) is 5.91 Å². The Morgan fingerprint density at radius 3 is 2.50 bits per heavy atom. The van der Waals surface area contributed by atoms with E-state index in [0.29, 0.717) is 11.5 Å². The number of hydrogen-bond donors (Lipinski definition) is 1. The fourth-order valence-corrected chi connectivity index (χ4v) is 3.17. The van der Waals surface area contributed by atoms with Gasteiger partial charge >= 0.3 is 0 Å². The summed E-state index contributed by atoms with van der Waals surface area (Å²) >= 11 is 0. The summed E-state index contributed by atoms with van der Waals surface area (Å²) in [4.78, 5) is 16.7. The predicted molar refractivity (Wildman–Crippen MR) is 102 cm³/mol. The topological polar surface area (TPSA) is 55.1 Å². The van der Waals surface area contributed by atoms with E-state index in [2.05, 4.69) is 10.3 Å². The summed E-state index contributed by atoms with van der Waals surface area (Å²) in [6.45, 7) is 0. The molecule has 1 amide bonds. The van der Waals surface area contributed by atoms with Gasteiger partial charge in [0, 0.05) is 22.4 Å². The molecule has 4 nitrogen and oxygen atoms in total. The lowest BCUT2D eigenvalue weighted by Crippen LogP contribution is -2.03. The number of nitrogens with zero attached hydrogens (tertiary/aromatic N) is 1. The standard InChI is InChI=1S/C22H14N2O2/c25-21-17(16-5-1-2-6-18(16)23-21)13-14-9-11-15(12-10-14)22-24-19-7-3-4-8-20(19)26-22/h1-13H,(H,23,25)/b17-13+. The van der Waals surface area contributed by atoms with Crippen molar-refractivity contribution in [3.05, 3.63) is 83.9 Å². The third-order valence-electron chi connectivity index (χ3n) is 4.47. The first-order valence-corrected chi connectivity index (χ1v) is 8.36. The number of anilines is 1. The summed E-state index contributed by atoms with van der Waals surface area (Å²) in [6.07, 6.45) is 1.90. The third-order valence-corrected chi connectivity index (χ3v) is 4.47. The number of carbonyl (C=O) groups is 1. The Labute approximate surface area is 149 Å². The van der Waals surface area contributed by atoms with Crippen molar-refractivity contribution in [1.29, 1.82) is 0 Å². The average Bonchev–Trinajstić information content (AvgIpc) is 3.24. The van der Waals surface area contributed by atoms with Crippen LogP contribution < -0.4 is 5.32 Å². The van der Waals surface area contributed by atoms with Crippen LogP contribution in [0, 0.1) is 0 Å². The van der Waals surface area contributed by atoms with Crippen molar-refractivity contribution >= 4 is 34.3 Å². The zero-order valence-corrected chi connectivity index (χ0v) is 13.8. The highest BCUT2D eigenvalue weighted by Gasteiger charge is 2.23. The molecule has 3 aromatic carbocycles. The molecule has 5 rings (SSSR count). The Hall–Kier alpha value is -3.66. The van der Waals surface area contributed by atoms with Gasteiger partial charge in [-0.1, -0.05) is 42.5 Å². The third kappa shape index (κ3) is 2.40. The van der Waals surface area contributed by atoms with E-state index in [1.54, 1.807) is 0 Å². The van der Waals surface area contributed by atoms with E-state index in [4.69, 9.17) is 4.42 Å². The van der Waals surface area contributed by atoms with Gasteiger partial charge in [-0.3, -0.25) is 4.79 Å². The molecule has 2 heterocycles. The maximum atomic E-state index is 12.2. The molecule has 0 saturated heterocycles. The van der Waals surface area contributed by atoms with Gasteiger partial charge in [-0.15, -0.1) is 0 Å². The fourth-order valence-electron chi connectivity index (χ4n) is 3.17. The van der Waals surface area contributed by atoms with E-state index in [1.807, 2.05) is 78.9 Å². The molecule has 1 aliphatic heterocycles. The summed E-state index contributed by atoms with van der Waals surface area (Å²) in [5.41, 5.74) is 5.93. The second-order valence-corrected chi connectivity index (χ2v) is 6.17. The Bertz CT molecular complexity index is 1140. The van der Waals surface area contributed by atoms with Crippen molar-refractivity contribution in [3.8, 4) is 11.5 Å². The molecule has 0 radical (unpaired) electrons. The summed E-state index contributed by atoms with van der Waals surface area (Å²) in [5.74, 6) is 0.517. The van der Waals surface area contributed by atoms with Crippen LogP contribution in [0.3, 0.4) is 0 Å². The molecule has 4 heteroatoms. The molecule has 1 aliphatic rings. The maximum absolute atomic E-state index is 12.2. The lowest BCUT2D eigenvalue weighted by atomic mass is 10.0. The lowest BCUT2D eigenvalue weighted by molar-refractivity contribution is -0.110. The minimum Gasteiger partial charge on any atom is -0.436 e. The van der Waals surface area contributed by atoms with Crippen LogP contribution in [0.2, 0.25) is 0 Å². The molecule has 124 valence electrons. The van der Waals surface area contributed by atoms with Crippen molar-refractivity contribution in [2.24, 2.45) is 0 Å². The van der Waals surface area contributed by atoms with Crippen molar-refractivity contribution in [2.75, 3.05) is 5.32 Å². The van der Waals surface area contributed by atoms with Gasteiger partial charge in [0.1, 0.15) is 5.52 Å². The Morgan fingerprint density at radius 2 is 1.65 bits per heavy atom. The number of amides is 1. The van der Waals surface area contributed by atoms with E-state index >= 15 is 0 Å². The quantitative estimate of drug-likeness (QED) is 0.524. The van der Waals surface area contributed by atoms with Crippen LogP contribution in [0.5, 0.6) is 0 Å². The Morgan fingerprint density at radius 1 is 0.885 bits per heavy atom. The van der Waals surface area contributed by atoms with Crippen LogP contribution in [0.25, 0.3) is 34.2 Å². The van der Waals surface area contributed by atoms with Crippen LogP contribution >= 0.6 is 0 Å². The van der Waals surface area contributed by atoms with Crippen LogP contribution in [-0.2, 0) is 4.79 Å². The number of oxazole rings is 1. The first kappa shape index (κ1) is 14.7. The zero-order chi connectivity index (χ0) is 17.5. The van der Waals surface area contributed by atoms with Crippen LogP contribution in [-0.4, -0.2) is 10.9 Å². The SMILES string of the molecule is O=C1Nc2ccccc2/C1=C\c1ccc(-c2nc3ccccc3o2)cc1. The average molecular weight is 338 g/mol. The second kappa shape index (κ2) is 5.70. The molecule has 0 saturated carbocycles. The number of para-hydroxylation sites is 3. The fraction of sp³-hybridized carbons (Fsp3) is 0. The maximum Gasteiger partial charge on any atom is 0.256 e. The number of rotatable bonds is 2. The highest BCUT2D eigenvalue weighted by atomic mass is 16.3. The summed E-state index contributed by atoms with van der Waals surface area (Å²) in [5, 5.41) is 2.89. The molecule has 1 aromatic heterocycles. The Kier molecular flexibility index (Phi) is 3.22. The van der Waals surface area contributed by atoms with E-state index in [1.165, 1.54) is 0 Å². The Balaban J connectivity index is 1.50. The van der Waals surface area contributed by atoms with E-state index in [0.717, 1.165) is 33.5 Å².